The zero-order chi connectivity index (χ0) is 16.6. The van der Waals surface area contributed by atoms with Crippen LogP contribution in [0.5, 0.6) is 0 Å². The van der Waals surface area contributed by atoms with Crippen LogP contribution in [0.1, 0.15) is 28.7 Å². The fourth-order valence-electron chi connectivity index (χ4n) is 2.95. The topological polar surface area (TPSA) is 72.6 Å². The van der Waals surface area contributed by atoms with Crippen molar-refractivity contribution in [1.82, 2.24) is 9.46 Å². The number of ether oxygens (including phenoxy) is 1. The fourth-order valence-corrected chi connectivity index (χ4v) is 4.67. The molecule has 0 bridgehead atoms. The van der Waals surface area contributed by atoms with Gasteiger partial charge >= 0.3 is 0 Å². The van der Waals surface area contributed by atoms with E-state index in [0.29, 0.717) is 24.6 Å². The molecule has 124 valence electrons. The van der Waals surface area contributed by atoms with Crippen LogP contribution in [0.25, 0.3) is 0 Å². The van der Waals surface area contributed by atoms with Gasteiger partial charge in [-0.05, 0) is 31.9 Å². The maximum absolute atomic E-state index is 12.9. The summed E-state index contributed by atoms with van der Waals surface area (Å²) < 4.78 is 38.1. The maximum atomic E-state index is 12.9. The number of aromatic nitrogens is 1. The zero-order valence-electron chi connectivity index (χ0n) is 13.4. The molecular weight excluding hydrogens is 316 g/mol. The highest BCUT2D eigenvalue weighted by Gasteiger charge is 2.35. The van der Waals surface area contributed by atoms with Gasteiger partial charge in [-0.3, -0.25) is 0 Å². The lowest BCUT2D eigenvalue weighted by Crippen LogP contribution is -2.42. The first-order valence-corrected chi connectivity index (χ1v) is 8.95. The highest BCUT2D eigenvalue weighted by Crippen LogP contribution is 2.30. The number of morpholine rings is 1. The van der Waals surface area contributed by atoms with E-state index in [0.717, 1.165) is 11.1 Å². The van der Waals surface area contributed by atoms with Gasteiger partial charge in [0.25, 0.3) is 0 Å². The van der Waals surface area contributed by atoms with Crippen LogP contribution in [-0.2, 0) is 14.8 Å². The summed E-state index contributed by atoms with van der Waals surface area (Å²) in [6, 6.07) is 7.87. The molecule has 3 rings (SSSR count). The van der Waals surface area contributed by atoms with Crippen LogP contribution in [0, 0.1) is 20.8 Å². The van der Waals surface area contributed by atoms with E-state index in [1.165, 1.54) is 4.31 Å². The fraction of sp³-hybridized carbons (Fsp3) is 0.438. The molecule has 1 unspecified atom stereocenters. The third-order valence-electron chi connectivity index (χ3n) is 4.13. The van der Waals surface area contributed by atoms with Crippen molar-refractivity contribution in [3.05, 3.63) is 46.8 Å². The Morgan fingerprint density at radius 3 is 2.61 bits per heavy atom. The molecule has 0 aliphatic carbocycles. The van der Waals surface area contributed by atoms with E-state index in [1.807, 2.05) is 31.2 Å². The predicted octanol–water partition coefficient (Wildman–Crippen LogP) is 2.36. The summed E-state index contributed by atoms with van der Waals surface area (Å²) in [5.74, 6) is 0.321. The lowest BCUT2D eigenvalue weighted by atomic mass is 10.0. The van der Waals surface area contributed by atoms with E-state index in [9.17, 15) is 8.42 Å². The molecule has 0 saturated carbocycles. The van der Waals surface area contributed by atoms with Crippen molar-refractivity contribution in [1.29, 1.82) is 0 Å². The van der Waals surface area contributed by atoms with E-state index in [4.69, 9.17) is 9.26 Å². The summed E-state index contributed by atoms with van der Waals surface area (Å²) in [5, 5.41) is 3.76. The quantitative estimate of drug-likeness (QED) is 0.860. The number of hydrogen-bond donors (Lipinski definition) is 0. The molecule has 1 fully saturated rings. The summed E-state index contributed by atoms with van der Waals surface area (Å²) in [5.41, 5.74) is 2.50. The standard InChI is InChI=1S/C16H20N2O4S/c1-11-6-4-5-7-14(11)15-10-18(8-9-21-15)23(19,20)16-12(2)17-22-13(16)3/h4-7,15H,8-10H2,1-3H3. The lowest BCUT2D eigenvalue weighted by molar-refractivity contribution is -0.00292. The maximum Gasteiger partial charge on any atom is 0.248 e. The Balaban J connectivity index is 1.91. The van der Waals surface area contributed by atoms with E-state index in [-0.39, 0.29) is 17.5 Å². The highest BCUT2D eigenvalue weighted by molar-refractivity contribution is 7.89. The Morgan fingerprint density at radius 1 is 1.22 bits per heavy atom. The minimum Gasteiger partial charge on any atom is -0.371 e. The minimum atomic E-state index is -3.64. The molecule has 1 aliphatic heterocycles. The molecule has 0 radical (unpaired) electrons. The Kier molecular flexibility index (Phi) is 4.27. The second-order valence-electron chi connectivity index (χ2n) is 5.73. The van der Waals surface area contributed by atoms with E-state index >= 15 is 0 Å². The van der Waals surface area contributed by atoms with Crippen molar-refractivity contribution in [2.75, 3.05) is 19.7 Å². The number of benzene rings is 1. The molecule has 0 spiro atoms. The first-order chi connectivity index (χ1) is 10.9. The molecular formula is C16H20N2O4S. The molecule has 1 saturated heterocycles. The third kappa shape index (κ3) is 2.91. The summed E-state index contributed by atoms with van der Waals surface area (Å²) in [7, 11) is -3.64. The summed E-state index contributed by atoms with van der Waals surface area (Å²) in [6.45, 7) is 6.24. The van der Waals surface area contributed by atoms with E-state index in [1.54, 1.807) is 13.8 Å². The average molecular weight is 336 g/mol. The monoisotopic (exact) mass is 336 g/mol. The Morgan fingerprint density at radius 2 is 1.96 bits per heavy atom. The van der Waals surface area contributed by atoms with Crippen LogP contribution in [0.2, 0.25) is 0 Å². The van der Waals surface area contributed by atoms with Gasteiger partial charge in [-0.15, -0.1) is 0 Å². The van der Waals surface area contributed by atoms with Gasteiger partial charge in [-0.2, -0.15) is 4.31 Å². The third-order valence-corrected chi connectivity index (χ3v) is 6.24. The molecule has 2 aromatic rings. The normalized spacial score (nSPS) is 19.9. The molecule has 1 atom stereocenters. The largest absolute Gasteiger partial charge is 0.371 e. The summed E-state index contributed by atoms with van der Waals surface area (Å²) in [4.78, 5) is 0.169. The molecule has 23 heavy (non-hydrogen) atoms. The second kappa shape index (κ2) is 6.07. The van der Waals surface area contributed by atoms with Crippen molar-refractivity contribution < 1.29 is 17.7 Å². The van der Waals surface area contributed by atoms with Gasteiger partial charge in [0.1, 0.15) is 10.6 Å². The van der Waals surface area contributed by atoms with Crippen molar-refractivity contribution >= 4 is 10.0 Å². The van der Waals surface area contributed by atoms with Gasteiger partial charge in [0.2, 0.25) is 10.0 Å². The number of rotatable bonds is 3. The molecule has 1 aliphatic rings. The van der Waals surface area contributed by atoms with Crippen molar-refractivity contribution in [2.45, 2.75) is 31.8 Å². The Hall–Kier alpha value is -1.70. The highest BCUT2D eigenvalue weighted by atomic mass is 32.2. The van der Waals surface area contributed by atoms with Gasteiger partial charge in [0, 0.05) is 13.1 Å². The van der Waals surface area contributed by atoms with Crippen LogP contribution >= 0.6 is 0 Å². The summed E-state index contributed by atoms with van der Waals surface area (Å²) >= 11 is 0. The SMILES string of the molecule is Cc1ccccc1C1CN(S(=O)(=O)c2c(C)noc2C)CCO1. The molecule has 1 aromatic heterocycles. The van der Waals surface area contributed by atoms with Gasteiger partial charge in [0.05, 0.1) is 12.7 Å². The number of nitrogens with zero attached hydrogens (tertiary/aromatic N) is 2. The molecule has 0 N–H and O–H groups in total. The van der Waals surface area contributed by atoms with Gasteiger partial charge < -0.3 is 9.26 Å². The molecule has 2 heterocycles. The van der Waals surface area contributed by atoms with Gasteiger partial charge in [-0.1, -0.05) is 29.4 Å². The van der Waals surface area contributed by atoms with Crippen LogP contribution < -0.4 is 0 Å². The molecule has 7 heteroatoms. The van der Waals surface area contributed by atoms with Gasteiger partial charge in [-0.25, -0.2) is 8.42 Å². The van der Waals surface area contributed by atoms with E-state index in [2.05, 4.69) is 5.16 Å². The van der Waals surface area contributed by atoms with E-state index < -0.39 is 10.0 Å². The Labute approximate surface area is 136 Å². The average Bonchev–Trinajstić information content (AvgIpc) is 2.87. The predicted molar refractivity (Wildman–Crippen MR) is 84.6 cm³/mol. The second-order valence-corrected chi connectivity index (χ2v) is 7.61. The number of aryl methyl sites for hydroxylation is 3. The molecule has 6 nitrogen and oxygen atoms in total. The molecule has 0 amide bonds. The van der Waals surface area contributed by atoms with Crippen LogP contribution in [0.4, 0.5) is 0 Å². The first-order valence-electron chi connectivity index (χ1n) is 7.51. The Bertz CT molecular complexity index is 794. The number of hydrogen-bond acceptors (Lipinski definition) is 5. The lowest BCUT2D eigenvalue weighted by Gasteiger charge is -2.32. The van der Waals surface area contributed by atoms with Crippen LogP contribution in [0.15, 0.2) is 33.7 Å². The van der Waals surface area contributed by atoms with Crippen molar-refractivity contribution in [3.8, 4) is 0 Å². The minimum absolute atomic E-state index is 0.169. The van der Waals surface area contributed by atoms with Crippen LogP contribution in [0.3, 0.4) is 0 Å². The number of sulfonamides is 1. The zero-order valence-corrected chi connectivity index (χ0v) is 14.3. The summed E-state index contributed by atoms with van der Waals surface area (Å²) in [6.07, 6.45) is -0.264. The first kappa shape index (κ1) is 16.2. The smallest absolute Gasteiger partial charge is 0.248 e. The van der Waals surface area contributed by atoms with Crippen molar-refractivity contribution in [2.24, 2.45) is 0 Å². The van der Waals surface area contributed by atoms with Crippen LogP contribution in [-0.4, -0.2) is 37.6 Å². The van der Waals surface area contributed by atoms with Gasteiger partial charge in [0.15, 0.2) is 5.76 Å². The molecule has 1 aromatic carbocycles. The van der Waals surface area contributed by atoms with Crippen molar-refractivity contribution in [3.63, 3.8) is 0 Å².